The highest BCUT2D eigenvalue weighted by molar-refractivity contribution is 5.88. The zero-order chi connectivity index (χ0) is 64.8. The van der Waals surface area contributed by atoms with E-state index >= 15 is 0 Å². The van der Waals surface area contributed by atoms with E-state index in [1.165, 1.54) is 161 Å². The number of unbranched alkanes of at least 4 members (excludes halogenated alkanes) is 7. The van der Waals surface area contributed by atoms with Crippen LogP contribution in [0.25, 0.3) is 22.3 Å². The predicted octanol–water partition coefficient (Wildman–Crippen LogP) is 26.2. The van der Waals surface area contributed by atoms with E-state index in [1.807, 2.05) is 0 Å². The van der Waals surface area contributed by atoms with Crippen molar-refractivity contribution in [2.75, 3.05) is 14.7 Å². The predicted molar refractivity (Wildman–Crippen MR) is 405 cm³/mol. The minimum Gasteiger partial charge on any atom is -0.311 e. The molecule has 0 bridgehead atoms. The molecule has 0 aromatic heterocycles. The first-order valence-electron chi connectivity index (χ1n) is 35.7. The van der Waals surface area contributed by atoms with Gasteiger partial charge in [-0.1, -0.05) is 236 Å². The number of hydrogen-bond donors (Lipinski definition) is 0. The molecule has 0 N–H and O–H groups in total. The van der Waals surface area contributed by atoms with E-state index in [9.17, 15) is 0 Å². The molecule has 0 saturated heterocycles. The Kier molecular flexibility index (Phi) is 21.2. The quantitative estimate of drug-likeness (QED) is 0.0433. The summed E-state index contributed by atoms with van der Waals surface area (Å²) in [6.07, 6.45) is 20.1. The molecule has 11 aromatic carbocycles. The van der Waals surface area contributed by atoms with Crippen LogP contribution in [0.2, 0.25) is 0 Å². The van der Waals surface area contributed by atoms with Gasteiger partial charge in [0, 0.05) is 51.2 Å². The summed E-state index contributed by atoms with van der Waals surface area (Å²) in [5.74, 6) is 0. The molecule has 0 aliphatic heterocycles. The van der Waals surface area contributed by atoms with Crippen molar-refractivity contribution in [2.24, 2.45) is 0 Å². The zero-order valence-electron chi connectivity index (χ0n) is 57.1. The van der Waals surface area contributed by atoms with Crippen molar-refractivity contribution in [2.45, 2.75) is 163 Å². The highest BCUT2D eigenvalue weighted by Crippen LogP contribution is 2.57. The average molecular weight is 1230 g/mol. The van der Waals surface area contributed by atoms with Crippen molar-refractivity contribution in [3.05, 3.63) is 316 Å². The van der Waals surface area contributed by atoms with E-state index in [4.69, 9.17) is 0 Å². The summed E-state index contributed by atoms with van der Waals surface area (Å²) in [6, 6.07) is 98.1. The molecule has 1 aliphatic rings. The molecule has 12 rings (SSSR count). The van der Waals surface area contributed by atoms with Crippen molar-refractivity contribution < 1.29 is 0 Å². The standard InChI is InChI=1S/C91H97N3/c1-8-13-18-19-24-73-27-41-76(42-28-73)91(89-65-67(6)25-63-87(89)88-64-26-68(7)66-90(88)91)77-43-37-74(38-44-77)75-39-53-82(54-40-75)94(85-59-55-83(56-60-85)92(78-45-29-69(30-46-78)20-14-9-2)79-47-31-70(32-48-79)21-15-10-3)86-61-57-84(58-62-86)93(80-49-33-71(34-50-80)22-16-11-4)81-51-35-72(36-52-81)23-17-12-5/h25-66H,8-24H2,1-7H3. The van der Waals surface area contributed by atoms with Gasteiger partial charge in [0.1, 0.15) is 0 Å². The Morgan fingerprint density at radius 2 is 0.468 bits per heavy atom. The minimum absolute atomic E-state index is 0.471. The molecule has 0 spiro atoms. The fraction of sp³-hybridized carbons (Fsp3) is 0.275. The summed E-state index contributed by atoms with van der Waals surface area (Å²) in [6.45, 7) is 15.9. The number of rotatable bonds is 29. The highest BCUT2D eigenvalue weighted by Gasteiger charge is 2.46. The molecular formula is C91H97N3. The van der Waals surface area contributed by atoms with Crippen molar-refractivity contribution >= 4 is 51.2 Å². The fourth-order valence-electron chi connectivity index (χ4n) is 14.3. The fourth-order valence-corrected chi connectivity index (χ4v) is 14.3. The van der Waals surface area contributed by atoms with Gasteiger partial charge in [-0.25, -0.2) is 0 Å². The van der Waals surface area contributed by atoms with Crippen molar-refractivity contribution in [1.82, 2.24) is 0 Å². The zero-order valence-corrected chi connectivity index (χ0v) is 57.1. The molecule has 0 unspecified atom stereocenters. The molecule has 0 amide bonds. The average Bonchev–Trinajstić information content (AvgIpc) is 1.52. The second kappa shape index (κ2) is 30.7. The lowest BCUT2D eigenvalue weighted by atomic mass is 9.67. The minimum atomic E-state index is -0.471. The molecule has 0 fully saturated rings. The molecule has 3 heteroatoms. The number of aryl methyl sites for hydroxylation is 7. The van der Waals surface area contributed by atoms with E-state index < -0.39 is 5.41 Å². The third-order valence-corrected chi connectivity index (χ3v) is 19.7. The second-order valence-electron chi connectivity index (χ2n) is 26.6. The number of anilines is 9. The highest BCUT2D eigenvalue weighted by atomic mass is 15.2. The molecule has 3 nitrogen and oxygen atoms in total. The van der Waals surface area contributed by atoms with Crippen molar-refractivity contribution in [3.63, 3.8) is 0 Å². The van der Waals surface area contributed by atoms with Gasteiger partial charge in [-0.3, -0.25) is 0 Å². The van der Waals surface area contributed by atoms with Crippen LogP contribution in [0.5, 0.6) is 0 Å². The first kappa shape index (κ1) is 64.9. The Bertz CT molecular complexity index is 3880. The van der Waals surface area contributed by atoms with E-state index in [1.54, 1.807) is 0 Å². The van der Waals surface area contributed by atoms with Crippen LogP contribution in [-0.4, -0.2) is 0 Å². The van der Waals surface area contributed by atoms with Crippen molar-refractivity contribution in [1.29, 1.82) is 0 Å². The smallest absolute Gasteiger partial charge is 0.0713 e. The van der Waals surface area contributed by atoms with Gasteiger partial charge >= 0.3 is 0 Å². The van der Waals surface area contributed by atoms with Crippen LogP contribution in [0.3, 0.4) is 0 Å². The van der Waals surface area contributed by atoms with Crippen LogP contribution in [0.4, 0.5) is 51.2 Å². The second-order valence-corrected chi connectivity index (χ2v) is 26.6. The molecule has 1 aliphatic carbocycles. The lowest BCUT2D eigenvalue weighted by Crippen LogP contribution is -2.28. The Hall–Kier alpha value is -9.18. The maximum atomic E-state index is 2.45. The summed E-state index contributed by atoms with van der Waals surface area (Å²) in [5, 5.41) is 0. The lowest BCUT2D eigenvalue weighted by Gasteiger charge is -2.34. The first-order valence-corrected chi connectivity index (χ1v) is 35.7. The van der Waals surface area contributed by atoms with Gasteiger partial charge in [0.05, 0.1) is 5.41 Å². The third kappa shape index (κ3) is 14.3. The van der Waals surface area contributed by atoms with E-state index in [-0.39, 0.29) is 0 Å². The maximum absolute atomic E-state index is 2.45. The van der Waals surface area contributed by atoms with E-state index in [0.29, 0.717) is 0 Å². The first-order chi connectivity index (χ1) is 46.2. The normalized spacial score (nSPS) is 12.2. The van der Waals surface area contributed by atoms with Crippen LogP contribution >= 0.6 is 0 Å². The summed E-state index contributed by atoms with van der Waals surface area (Å²) in [5.41, 5.74) is 29.5. The van der Waals surface area contributed by atoms with Gasteiger partial charge < -0.3 is 14.7 Å². The van der Waals surface area contributed by atoms with Gasteiger partial charge in [-0.15, -0.1) is 0 Å². The Balaban J connectivity index is 0.924. The van der Waals surface area contributed by atoms with Gasteiger partial charge in [-0.2, -0.15) is 0 Å². The van der Waals surface area contributed by atoms with Gasteiger partial charge in [0.2, 0.25) is 0 Å². The number of benzene rings is 11. The van der Waals surface area contributed by atoms with Crippen LogP contribution < -0.4 is 14.7 Å². The third-order valence-electron chi connectivity index (χ3n) is 19.7. The lowest BCUT2D eigenvalue weighted by molar-refractivity contribution is 0.666. The summed E-state index contributed by atoms with van der Waals surface area (Å²) in [7, 11) is 0. The van der Waals surface area contributed by atoms with Crippen molar-refractivity contribution in [3.8, 4) is 22.3 Å². The van der Waals surface area contributed by atoms with Gasteiger partial charge in [0.25, 0.3) is 0 Å². The van der Waals surface area contributed by atoms with Crippen LogP contribution in [0, 0.1) is 13.8 Å². The molecular weight excluding hydrogens is 1140 g/mol. The van der Waals surface area contributed by atoms with Crippen LogP contribution in [0.15, 0.2) is 255 Å². The Morgan fingerprint density at radius 1 is 0.234 bits per heavy atom. The largest absolute Gasteiger partial charge is 0.311 e. The molecule has 94 heavy (non-hydrogen) atoms. The number of fused-ring (bicyclic) bond motifs is 3. The topological polar surface area (TPSA) is 9.72 Å². The van der Waals surface area contributed by atoms with Gasteiger partial charge in [-0.05, 0) is 260 Å². The maximum Gasteiger partial charge on any atom is 0.0713 e. The molecule has 0 heterocycles. The molecule has 11 aromatic rings. The molecule has 0 radical (unpaired) electrons. The summed E-state index contributed by atoms with van der Waals surface area (Å²) < 4.78 is 0. The summed E-state index contributed by atoms with van der Waals surface area (Å²) in [4.78, 5) is 7.25. The summed E-state index contributed by atoms with van der Waals surface area (Å²) >= 11 is 0. The number of hydrogen-bond acceptors (Lipinski definition) is 3. The Labute approximate surface area is 563 Å². The van der Waals surface area contributed by atoms with E-state index in [0.717, 1.165) is 83.3 Å². The van der Waals surface area contributed by atoms with Gasteiger partial charge in [0.15, 0.2) is 0 Å². The number of nitrogens with zero attached hydrogens (tertiary/aromatic N) is 3. The molecule has 476 valence electrons. The monoisotopic (exact) mass is 1230 g/mol. The SMILES string of the molecule is CCCCCCc1ccc(C2(c3ccc(-c4ccc(N(c5ccc(N(c6ccc(CCCC)cc6)c6ccc(CCCC)cc6)cc5)c5ccc(N(c6ccc(CCCC)cc6)c6ccc(CCCC)cc6)cc5)cc4)cc3)c3cc(C)ccc3-c3ccc(C)cc32)cc1. The molecule has 0 atom stereocenters. The Morgan fingerprint density at radius 3 is 0.755 bits per heavy atom. The van der Waals surface area contributed by atoms with Crippen LogP contribution in [0.1, 0.15) is 173 Å². The van der Waals surface area contributed by atoms with E-state index in [2.05, 4.69) is 318 Å². The molecule has 0 saturated carbocycles. The van der Waals surface area contributed by atoms with Crippen LogP contribution in [-0.2, 0) is 37.5 Å².